The zero-order valence-corrected chi connectivity index (χ0v) is 21.7. The summed E-state index contributed by atoms with van der Waals surface area (Å²) < 4.78 is 20.1. The summed E-state index contributed by atoms with van der Waals surface area (Å²) in [6.07, 6.45) is 0.378. The Morgan fingerprint density at radius 1 is 1.13 bits per heavy atom. The molecule has 5 rings (SSSR count). The van der Waals surface area contributed by atoms with Gasteiger partial charge < -0.3 is 26.3 Å². The highest BCUT2D eigenvalue weighted by Gasteiger charge is 2.56. The number of nitrogens with zero attached hydrogens (tertiary/aromatic N) is 1. The molecule has 0 aromatic heterocycles. The molecule has 0 radical (unpaired) electrons. The number of benzene rings is 3. The summed E-state index contributed by atoms with van der Waals surface area (Å²) in [7, 11) is 1.28. The molecular weight excluding hydrogens is 534 g/mol. The third kappa shape index (κ3) is 4.72. The normalized spacial score (nSPS) is 24.7. The SMILES string of the molecule is COC(=O)c1ccc(C2C[C@@H]3N[C@@H](C(=O)Nc4cccc(Cl)c4)[C@@H](c4cccc(Cl)c4F)[C@@H]3N2O)c(N)c1. The van der Waals surface area contributed by atoms with E-state index < -0.39 is 41.7 Å². The molecular formula is C27H25Cl2FN4O4. The summed E-state index contributed by atoms with van der Waals surface area (Å²) in [5.41, 5.74) is 8.13. The van der Waals surface area contributed by atoms with Crippen molar-refractivity contribution in [1.82, 2.24) is 10.4 Å². The lowest BCUT2D eigenvalue weighted by Crippen LogP contribution is -2.43. The number of hydroxylamine groups is 2. The van der Waals surface area contributed by atoms with Crippen molar-refractivity contribution in [2.24, 2.45) is 0 Å². The molecule has 1 unspecified atom stereocenters. The Morgan fingerprint density at radius 3 is 2.61 bits per heavy atom. The molecule has 2 fully saturated rings. The van der Waals surface area contributed by atoms with Crippen LogP contribution in [0.2, 0.25) is 10.0 Å². The molecule has 2 aliphatic rings. The molecule has 0 spiro atoms. The first-order valence-corrected chi connectivity index (χ1v) is 12.7. The van der Waals surface area contributed by atoms with E-state index in [9.17, 15) is 14.8 Å². The van der Waals surface area contributed by atoms with E-state index in [0.29, 0.717) is 28.4 Å². The number of methoxy groups -OCH3 is 1. The maximum absolute atomic E-state index is 15.3. The number of amides is 1. The molecule has 11 heteroatoms. The Labute approximate surface area is 228 Å². The molecule has 0 saturated carbocycles. The number of ether oxygens (including phenoxy) is 1. The fourth-order valence-electron chi connectivity index (χ4n) is 5.55. The molecule has 0 aliphatic carbocycles. The second-order valence-corrected chi connectivity index (χ2v) is 10.2. The molecule has 2 saturated heterocycles. The Morgan fingerprint density at radius 2 is 1.89 bits per heavy atom. The van der Waals surface area contributed by atoms with Gasteiger partial charge in [-0.05, 0) is 53.9 Å². The third-order valence-electron chi connectivity index (χ3n) is 7.22. The van der Waals surface area contributed by atoms with Crippen molar-refractivity contribution in [2.45, 2.75) is 36.5 Å². The highest BCUT2D eigenvalue weighted by atomic mass is 35.5. The second kappa shape index (κ2) is 10.5. The minimum Gasteiger partial charge on any atom is -0.465 e. The first kappa shape index (κ1) is 26.4. The Hall–Kier alpha value is -3.21. The van der Waals surface area contributed by atoms with Crippen molar-refractivity contribution in [3.8, 4) is 0 Å². The van der Waals surface area contributed by atoms with Crippen LogP contribution in [0.5, 0.6) is 0 Å². The fourth-order valence-corrected chi connectivity index (χ4v) is 5.92. The first-order valence-electron chi connectivity index (χ1n) is 11.9. The van der Waals surface area contributed by atoms with E-state index in [-0.39, 0.29) is 22.2 Å². The predicted molar refractivity (Wildman–Crippen MR) is 142 cm³/mol. The largest absolute Gasteiger partial charge is 0.465 e. The number of carbonyl (C=O) groups is 2. The van der Waals surface area contributed by atoms with Gasteiger partial charge in [0.05, 0.1) is 35.8 Å². The molecule has 5 N–H and O–H groups in total. The van der Waals surface area contributed by atoms with E-state index in [1.807, 2.05) is 0 Å². The number of anilines is 2. The summed E-state index contributed by atoms with van der Waals surface area (Å²) in [5.74, 6) is -2.37. The molecule has 1 amide bonds. The standard InChI is InChI=1S/C27H25Cl2FN4O4/c1-38-27(36)13-8-9-16(19(31)10-13)21-12-20-25(34(21)37)22(17-6-3-7-18(29)23(17)30)24(33-20)26(35)32-15-5-2-4-14(28)11-15/h2-11,20-22,24-25,33,37H,12,31H2,1H3,(H,32,35)/t20-,21?,22+,24+,25+/m0/s1. The maximum Gasteiger partial charge on any atom is 0.337 e. The van der Waals surface area contributed by atoms with Gasteiger partial charge in [0.25, 0.3) is 0 Å². The van der Waals surface area contributed by atoms with Gasteiger partial charge in [0.2, 0.25) is 5.91 Å². The minimum absolute atomic E-state index is 0.0818. The molecule has 2 aliphatic heterocycles. The van der Waals surface area contributed by atoms with Gasteiger partial charge in [0.15, 0.2) is 0 Å². The quantitative estimate of drug-likeness (QED) is 0.263. The average Bonchev–Trinajstić information content (AvgIpc) is 3.42. The van der Waals surface area contributed by atoms with E-state index >= 15 is 4.39 Å². The van der Waals surface area contributed by atoms with Gasteiger partial charge in [0, 0.05) is 28.4 Å². The van der Waals surface area contributed by atoms with Crippen LogP contribution in [0.25, 0.3) is 0 Å². The Kier molecular flexibility index (Phi) is 7.30. The molecule has 3 aromatic rings. The number of carbonyl (C=O) groups excluding carboxylic acids is 2. The summed E-state index contributed by atoms with van der Waals surface area (Å²) in [5, 5.41) is 19.0. The number of hydrogen-bond acceptors (Lipinski definition) is 7. The first-order chi connectivity index (χ1) is 18.2. The molecule has 5 atom stereocenters. The van der Waals surface area contributed by atoms with Crippen molar-refractivity contribution in [2.75, 3.05) is 18.2 Å². The van der Waals surface area contributed by atoms with Crippen molar-refractivity contribution in [3.63, 3.8) is 0 Å². The van der Waals surface area contributed by atoms with Gasteiger partial charge in [-0.2, -0.15) is 5.06 Å². The van der Waals surface area contributed by atoms with Crippen LogP contribution in [0, 0.1) is 5.82 Å². The van der Waals surface area contributed by atoms with Crippen molar-refractivity contribution in [3.05, 3.63) is 93.2 Å². The van der Waals surface area contributed by atoms with E-state index in [0.717, 1.165) is 5.06 Å². The molecule has 2 heterocycles. The molecule has 38 heavy (non-hydrogen) atoms. The highest BCUT2D eigenvalue weighted by Crippen LogP contribution is 2.48. The Balaban J connectivity index is 1.48. The van der Waals surface area contributed by atoms with Crippen LogP contribution in [0.15, 0.2) is 60.7 Å². The number of nitrogen functional groups attached to an aromatic ring is 1. The molecule has 8 nitrogen and oxygen atoms in total. The van der Waals surface area contributed by atoms with E-state index in [2.05, 4.69) is 10.6 Å². The summed E-state index contributed by atoms with van der Waals surface area (Å²) in [4.78, 5) is 25.3. The number of esters is 1. The smallest absolute Gasteiger partial charge is 0.337 e. The summed E-state index contributed by atoms with van der Waals surface area (Å²) >= 11 is 12.2. The van der Waals surface area contributed by atoms with Gasteiger partial charge in [-0.3, -0.25) is 4.79 Å². The lowest BCUT2D eigenvalue weighted by Gasteiger charge is -2.31. The van der Waals surface area contributed by atoms with Crippen LogP contribution in [-0.4, -0.2) is 47.4 Å². The van der Waals surface area contributed by atoms with Gasteiger partial charge in [-0.1, -0.05) is 47.5 Å². The summed E-state index contributed by atoms with van der Waals surface area (Å²) in [6.45, 7) is 0. The lowest BCUT2D eigenvalue weighted by atomic mass is 9.86. The molecule has 3 aromatic carbocycles. The monoisotopic (exact) mass is 558 g/mol. The van der Waals surface area contributed by atoms with Crippen LogP contribution in [0.3, 0.4) is 0 Å². The minimum atomic E-state index is -0.883. The average molecular weight is 559 g/mol. The molecule has 0 bridgehead atoms. The van der Waals surface area contributed by atoms with Gasteiger partial charge in [-0.15, -0.1) is 0 Å². The third-order valence-corrected chi connectivity index (χ3v) is 7.74. The van der Waals surface area contributed by atoms with Crippen LogP contribution < -0.4 is 16.4 Å². The van der Waals surface area contributed by atoms with Crippen LogP contribution in [0.1, 0.15) is 39.9 Å². The number of halogens is 3. The number of rotatable bonds is 5. The number of nitrogens with two attached hydrogens (primary N) is 1. The van der Waals surface area contributed by atoms with Crippen LogP contribution in [-0.2, 0) is 9.53 Å². The topological polar surface area (TPSA) is 117 Å². The highest BCUT2D eigenvalue weighted by molar-refractivity contribution is 6.31. The maximum atomic E-state index is 15.3. The zero-order chi connectivity index (χ0) is 27.1. The van der Waals surface area contributed by atoms with E-state index in [4.69, 9.17) is 33.7 Å². The lowest BCUT2D eigenvalue weighted by molar-refractivity contribution is -0.140. The van der Waals surface area contributed by atoms with Gasteiger partial charge >= 0.3 is 5.97 Å². The van der Waals surface area contributed by atoms with Crippen LogP contribution in [0.4, 0.5) is 15.8 Å². The number of hydrogen-bond donors (Lipinski definition) is 4. The second-order valence-electron chi connectivity index (χ2n) is 9.38. The van der Waals surface area contributed by atoms with Crippen molar-refractivity contribution in [1.29, 1.82) is 0 Å². The van der Waals surface area contributed by atoms with Crippen molar-refractivity contribution >= 4 is 46.5 Å². The van der Waals surface area contributed by atoms with Crippen molar-refractivity contribution < 1.29 is 23.9 Å². The van der Waals surface area contributed by atoms with Crippen LogP contribution >= 0.6 is 23.2 Å². The number of nitrogens with one attached hydrogen (secondary N) is 2. The number of fused-ring (bicyclic) bond motifs is 1. The fraction of sp³-hybridized carbons (Fsp3) is 0.259. The predicted octanol–water partition coefficient (Wildman–Crippen LogP) is 4.77. The van der Waals surface area contributed by atoms with E-state index in [1.54, 1.807) is 48.5 Å². The zero-order valence-electron chi connectivity index (χ0n) is 20.2. The van der Waals surface area contributed by atoms with E-state index in [1.165, 1.54) is 19.2 Å². The Bertz CT molecular complexity index is 1410. The molecule has 198 valence electrons. The van der Waals surface area contributed by atoms with Gasteiger partial charge in [0.1, 0.15) is 5.82 Å². The summed E-state index contributed by atoms with van der Waals surface area (Å²) in [6, 6.07) is 13.5. The van der Waals surface area contributed by atoms with Gasteiger partial charge in [-0.25, -0.2) is 9.18 Å².